The van der Waals surface area contributed by atoms with Crippen molar-refractivity contribution in [1.29, 1.82) is 5.26 Å². The van der Waals surface area contributed by atoms with Crippen molar-refractivity contribution < 1.29 is 9.18 Å². The first-order chi connectivity index (χ1) is 20.6. The van der Waals surface area contributed by atoms with Crippen molar-refractivity contribution in [3.63, 3.8) is 0 Å². The Morgan fingerprint density at radius 2 is 2.02 bits per heavy atom. The lowest BCUT2D eigenvalue weighted by atomic mass is 9.94. The number of amides is 1. The van der Waals surface area contributed by atoms with Crippen molar-refractivity contribution in [3.05, 3.63) is 65.2 Å². The Morgan fingerprint density at radius 1 is 1.26 bits per heavy atom. The van der Waals surface area contributed by atoms with E-state index in [2.05, 4.69) is 41.1 Å². The molecule has 222 valence electrons. The number of aryl methyl sites for hydroxylation is 2. The van der Waals surface area contributed by atoms with E-state index in [9.17, 15) is 10.1 Å². The zero-order valence-corrected chi connectivity index (χ0v) is 25.7. The van der Waals surface area contributed by atoms with Crippen molar-refractivity contribution >= 4 is 45.3 Å². The van der Waals surface area contributed by atoms with Gasteiger partial charge in [0, 0.05) is 48.7 Å². The number of nitrogens with zero attached hydrogens (tertiary/aromatic N) is 7. The number of rotatable bonds is 6. The van der Waals surface area contributed by atoms with Crippen molar-refractivity contribution in [2.24, 2.45) is 0 Å². The lowest BCUT2D eigenvalue weighted by Crippen LogP contribution is -2.57. The Hall–Kier alpha value is -4.00. The summed E-state index contributed by atoms with van der Waals surface area (Å²) in [5.41, 5.74) is 4.76. The molecule has 43 heavy (non-hydrogen) atoms. The number of hydrogen-bond acceptors (Lipinski definition) is 6. The van der Waals surface area contributed by atoms with Gasteiger partial charge in [0.25, 0.3) is 0 Å². The van der Waals surface area contributed by atoms with Gasteiger partial charge in [-0.2, -0.15) is 5.26 Å². The second kappa shape index (κ2) is 11.3. The number of anilines is 1. The Morgan fingerprint density at radius 3 is 2.72 bits per heavy atom. The van der Waals surface area contributed by atoms with Crippen LogP contribution in [0.4, 0.5) is 10.2 Å². The molecule has 2 atom stereocenters. The van der Waals surface area contributed by atoms with E-state index in [0.29, 0.717) is 52.7 Å². The molecule has 0 aliphatic carbocycles. The highest BCUT2D eigenvalue weighted by Gasteiger charge is 2.35. The number of benzene rings is 2. The van der Waals surface area contributed by atoms with E-state index >= 15 is 4.39 Å². The van der Waals surface area contributed by atoms with Gasteiger partial charge in [0.2, 0.25) is 5.91 Å². The molecule has 4 aromatic rings. The highest BCUT2D eigenvalue weighted by atomic mass is 35.5. The molecule has 10 heteroatoms. The number of carbonyl (C=O) groups is 1. The summed E-state index contributed by atoms with van der Waals surface area (Å²) in [6.45, 7) is 9.58. The molecule has 1 amide bonds. The maximum Gasteiger partial charge on any atom is 0.246 e. The lowest BCUT2D eigenvalue weighted by Gasteiger charge is -2.43. The van der Waals surface area contributed by atoms with Gasteiger partial charge < -0.3 is 19.3 Å². The maximum absolute atomic E-state index is 16.8. The zero-order chi connectivity index (χ0) is 30.6. The van der Waals surface area contributed by atoms with E-state index in [0.717, 1.165) is 35.3 Å². The molecule has 0 N–H and O–H groups in total. The Bertz CT molecular complexity index is 1800. The smallest absolute Gasteiger partial charge is 0.246 e. The molecule has 2 aromatic heterocycles. The molecule has 2 fully saturated rings. The third-order valence-electron chi connectivity index (χ3n) is 9.09. The van der Waals surface area contributed by atoms with Crippen LogP contribution in [-0.2, 0) is 4.79 Å². The van der Waals surface area contributed by atoms with Crippen LogP contribution in [0.1, 0.15) is 36.4 Å². The molecule has 8 nitrogen and oxygen atoms in total. The molecule has 2 aromatic carbocycles. The van der Waals surface area contributed by atoms with E-state index in [4.69, 9.17) is 21.6 Å². The van der Waals surface area contributed by atoms with E-state index < -0.39 is 5.82 Å². The highest BCUT2D eigenvalue weighted by Crippen LogP contribution is 2.43. The predicted molar refractivity (Wildman–Crippen MR) is 169 cm³/mol. The Kier molecular flexibility index (Phi) is 7.61. The van der Waals surface area contributed by atoms with Crippen LogP contribution < -0.4 is 4.90 Å². The minimum Gasteiger partial charge on any atom is -0.351 e. The standard InChI is InChI=1S/C33H35ClFN7O/c1-6-27(43)41-12-10-22(14-21(41)9-11-36)42-18-37-31-32(42)25-15-26(34)28(24-13-19(2)7-8-20(24)3)29(35)30(25)38-33(31)40-16-23(17-40)39(4)5/h6-8,13,15,18,21-23H,1,9-10,12,14,16-17H2,2-5H3/t21-,22+/m1/s1. The molecule has 6 rings (SSSR count). The van der Waals surface area contributed by atoms with Gasteiger partial charge in [-0.3, -0.25) is 4.79 Å². The van der Waals surface area contributed by atoms with E-state index in [1.54, 1.807) is 11.2 Å². The summed E-state index contributed by atoms with van der Waals surface area (Å²) >= 11 is 6.90. The van der Waals surface area contributed by atoms with E-state index in [1.807, 2.05) is 38.1 Å². The molecule has 0 radical (unpaired) electrons. The van der Waals surface area contributed by atoms with E-state index in [-0.39, 0.29) is 29.9 Å². The zero-order valence-electron chi connectivity index (χ0n) is 24.9. The fourth-order valence-electron chi connectivity index (χ4n) is 6.54. The SMILES string of the molecule is C=CC(=O)N1CC[C@H](n2cnc3c(N4CC(N(C)C)C4)nc4c(F)c(-c5cc(C)ccc5C)c(Cl)cc4c32)C[C@H]1CC#N. The summed E-state index contributed by atoms with van der Waals surface area (Å²) in [5, 5.41) is 10.4. The first-order valence-electron chi connectivity index (χ1n) is 14.6. The molecule has 2 aliphatic heterocycles. The predicted octanol–water partition coefficient (Wildman–Crippen LogP) is 6.04. The number of likely N-dealkylation sites (tertiary alicyclic amines) is 1. The summed E-state index contributed by atoms with van der Waals surface area (Å²) in [6.07, 6.45) is 4.54. The summed E-state index contributed by atoms with van der Waals surface area (Å²) in [4.78, 5) is 28.4. The van der Waals surface area contributed by atoms with Crippen LogP contribution in [0.3, 0.4) is 0 Å². The quantitative estimate of drug-likeness (QED) is 0.251. The van der Waals surface area contributed by atoms with Crippen molar-refractivity contribution in [2.75, 3.05) is 38.6 Å². The van der Waals surface area contributed by atoms with Crippen molar-refractivity contribution in [2.45, 2.75) is 51.2 Å². The highest BCUT2D eigenvalue weighted by molar-refractivity contribution is 6.35. The maximum atomic E-state index is 16.8. The van der Waals surface area contributed by atoms with Gasteiger partial charge >= 0.3 is 0 Å². The van der Waals surface area contributed by atoms with Crippen LogP contribution in [0.5, 0.6) is 0 Å². The summed E-state index contributed by atoms with van der Waals surface area (Å²) < 4.78 is 18.8. The number of pyridine rings is 1. The summed E-state index contributed by atoms with van der Waals surface area (Å²) in [6, 6.07) is 10.0. The average Bonchev–Trinajstić information content (AvgIpc) is 3.40. The van der Waals surface area contributed by atoms with Crippen LogP contribution in [0, 0.1) is 31.0 Å². The molecule has 0 spiro atoms. The van der Waals surface area contributed by atoms with Gasteiger partial charge in [0.05, 0.1) is 29.4 Å². The molecular formula is C33H35ClFN7O. The first-order valence-corrected chi connectivity index (χ1v) is 15.0. The molecule has 0 bridgehead atoms. The Balaban J connectivity index is 1.55. The van der Waals surface area contributed by atoms with E-state index in [1.165, 1.54) is 6.08 Å². The molecule has 0 unspecified atom stereocenters. The number of nitriles is 1. The van der Waals surface area contributed by atoms with Crippen molar-refractivity contribution in [3.8, 4) is 17.2 Å². The van der Waals surface area contributed by atoms with Gasteiger partial charge in [-0.05, 0) is 64.1 Å². The van der Waals surface area contributed by atoms with Gasteiger partial charge in [-0.15, -0.1) is 0 Å². The molecule has 2 aliphatic rings. The largest absolute Gasteiger partial charge is 0.351 e. The summed E-state index contributed by atoms with van der Waals surface area (Å²) in [5.74, 6) is 0.0260. The number of halogens is 2. The molecule has 4 heterocycles. The van der Waals surface area contributed by atoms with Crippen LogP contribution >= 0.6 is 11.6 Å². The number of carbonyl (C=O) groups excluding carboxylic acids is 1. The summed E-state index contributed by atoms with van der Waals surface area (Å²) in [7, 11) is 4.11. The number of likely N-dealkylation sites (N-methyl/N-ethyl adjacent to an activating group) is 1. The van der Waals surface area contributed by atoms with Crippen LogP contribution in [0.15, 0.2) is 43.2 Å². The van der Waals surface area contributed by atoms with Crippen LogP contribution in [0.25, 0.3) is 33.1 Å². The third kappa shape index (κ3) is 4.92. The minimum absolute atomic E-state index is 0.0536. The van der Waals surface area contributed by atoms with Crippen LogP contribution in [-0.4, -0.2) is 76.1 Å². The second-order valence-corrected chi connectivity index (χ2v) is 12.4. The topological polar surface area (TPSA) is 81.3 Å². The Labute approximate surface area is 256 Å². The monoisotopic (exact) mass is 599 g/mol. The number of fused-ring (bicyclic) bond motifs is 3. The number of imidazole rings is 1. The van der Waals surface area contributed by atoms with Crippen molar-refractivity contribution in [1.82, 2.24) is 24.3 Å². The lowest BCUT2D eigenvalue weighted by molar-refractivity contribution is -0.130. The normalized spacial score (nSPS) is 19.2. The average molecular weight is 600 g/mol. The molecular weight excluding hydrogens is 565 g/mol. The van der Waals surface area contributed by atoms with Gasteiger partial charge in [-0.1, -0.05) is 41.9 Å². The van der Waals surface area contributed by atoms with Gasteiger partial charge in [0.15, 0.2) is 11.6 Å². The van der Waals surface area contributed by atoms with Gasteiger partial charge in [0.1, 0.15) is 11.0 Å². The van der Waals surface area contributed by atoms with Crippen LogP contribution in [0.2, 0.25) is 5.02 Å². The van der Waals surface area contributed by atoms with Gasteiger partial charge in [-0.25, -0.2) is 14.4 Å². The number of piperidine rings is 1. The fourth-order valence-corrected chi connectivity index (χ4v) is 6.84. The first kappa shape index (κ1) is 29.1. The number of aromatic nitrogens is 3. The minimum atomic E-state index is -0.453. The third-order valence-corrected chi connectivity index (χ3v) is 9.39. The molecule has 0 saturated carbocycles. The molecule has 2 saturated heterocycles. The number of hydrogen-bond donors (Lipinski definition) is 0. The second-order valence-electron chi connectivity index (χ2n) is 12.0. The fraction of sp³-hybridized carbons (Fsp3) is 0.394.